The minimum atomic E-state index is -0.758. The second kappa shape index (κ2) is 7.80. The zero-order chi connectivity index (χ0) is 20.4. The first-order chi connectivity index (χ1) is 14.0. The van der Waals surface area contributed by atoms with Gasteiger partial charge < -0.3 is 10.4 Å². The molecule has 0 radical (unpaired) electrons. The van der Waals surface area contributed by atoms with Gasteiger partial charge in [0.05, 0.1) is 11.3 Å². The van der Waals surface area contributed by atoms with E-state index in [0.29, 0.717) is 23.6 Å². The summed E-state index contributed by atoms with van der Waals surface area (Å²) in [6.45, 7) is 4.19. The molecule has 0 fully saturated rings. The first-order valence-electron chi connectivity index (χ1n) is 9.28. The average molecular weight is 391 g/mol. The lowest BCUT2D eigenvalue weighted by Gasteiger charge is -2.12. The monoisotopic (exact) mass is 391 g/mol. The number of aliphatic hydroxyl groups excluding tert-OH is 1. The summed E-state index contributed by atoms with van der Waals surface area (Å²) < 4.78 is 3.33. The quantitative estimate of drug-likeness (QED) is 0.520. The Bertz CT molecular complexity index is 1120. The molecule has 4 aromatic rings. The number of aromatic nitrogens is 6. The van der Waals surface area contributed by atoms with Crippen LogP contribution in [0.1, 0.15) is 41.7 Å². The number of carbonyl (C=O) groups is 1. The van der Waals surface area contributed by atoms with Crippen LogP contribution in [0.2, 0.25) is 0 Å². The summed E-state index contributed by atoms with van der Waals surface area (Å²) in [7, 11) is 0. The molecule has 0 spiro atoms. The van der Waals surface area contributed by atoms with E-state index in [-0.39, 0.29) is 11.8 Å². The molecule has 9 heteroatoms. The second-order valence-electron chi connectivity index (χ2n) is 7.08. The highest BCUT2D eigenvalue weighted by Crippen LogP contribution is 2.20. The molecule has 3 heterocycles. The fourth-order valence-corrected chi connectivity index (χ4v) is 2.94. The van der Waals surface area contributed by atoms with Gasteiger partial charge in [0.25, 0.3) is 5.91 Å². The minimum Gasteiger partial charge on any atom is -0.385 e. The van der Waals surface area contributed by atoms with Crippen molar-refractivity contribution >= 4 is 11.6 Å². The van der Waals surface area contributed by atoms with Gasteiger partial charge in [0.2, 0.25) is 0 Å². The summed E-state index contributed by atoms with van der Waals surface area (Å²) in [5, 5.41) is 25.4. The largest absolute Gasteiger partial charge is 0.385 e. The number of amides is 1. The predicted octanol–water partition coefficient (Wildman–Crippen LogP) is 1.93. The van der Waals surface area contributed by atoms with Crippen molar-refractivity contribution in [1.29, 1.82) is 0 Å². The highest BCUT2D eigenvalue weighted by Gasteiger charge is 2.19. The van der Waals surface area contributed by atoms with Gasteiger partial charge in [-0.2, -0.15) is 5.10 Å². The normalized spacial score (nSPS) is 12.4. The molecule has 29 heavy (non-hydrogen) atoms. The van der Waals surface area contributed by atoms with E-state index in [1.807, 2.05) is 38.1 Å². The third kappa shape index (κ3) is 3.85. The lowest BCUT2D eigenvalue weighted by molar-refractivity contribution is 0.0949. The van der Waals surface area contributed by atoms with E-state index >= 15 is 0 Å². The van der Waals surface area contributed by atoms with Gasteiger partial charge in [-0.25, -0.2) is 9.67 Å². The van der Waals surface area contributed by atoms with Gasteiger partial charge in [-0.3, -0.25) is 9.20 Å². The first-order valence-corrected chi connectivity index (χ1v) is 9.28. The van der Waals surface area contributed by atoms with Crippen LogP contribution in [0.25, 0.3) is 11.3 Å². The average Bonchev–Trinajstić information content (AvgIpc) is 3.41. The third-order valence-corrected chi connectivity index (χ3v) is 4.66. The molecule has 1 aromatic carbocycles. The number of rotatable bonds is 6. The molecule has 1 atom stereocenters. The lowest BCUT2D eigenvalue weighted by atomic mass is 10.1. The number of hydrogen-bond donors (Lipinski definition) is 2. The van der Waals surface area contributed by atoms with Crippen LogP contribution in [0.15, 0.2) is 55.2 Å². The Morgan fingerprint density at radius 3 is 2.62 bits per heavy atom. The molecule has 0 saturated heterocycles. The van der Waals surface area contributed by atoms with Gasteiger partial charge in [-0.1, -0.05) is 26.0 Å². The highest BCUT2D eigenvalue weighted by molar-refractivity contribution is 5.94. The van der Waals surface area contributed by atoms with Crippen molar-refractivity contribution in [2.45, 2.75) is 26.5 Å². The van der Waals surface area contributed by atoms with Crippen molar-refractivity contribution in [2.24, 2.45) is 5.92 Å². The molecule has 2 N–H and O–H groups in total. The minimum absolute atomic E-state index is 0.0135. The fraction of sp³-hybridized carbons (Fsp3) is 0.250. The zero-order valence-corrected chi connectivity index (χ0v) is 16.1. The molecular weight excluding hydrogens is 370 g/mol. The van der Waals surface area contributed by atoms with E-state index in [0.717, 1.165) is 11.3 Å². The van der Waals surface area contributed by atoms with Crippen molar-refractivity contribution < 1.29 is 9.90 Å². The summed E-state index contributed by atoms with van der Waals surface area (Å²) in [6.07, 6.45) is 4.00. The Labute approximate surface area is 167 Å². The maximum Gasteiger partial charge on any atom is 0.253 e. The first kappa shape index (κ1) is 18.8. The molecule has 0 aliphatic carbocycles. The molecular formula is C20H21N7O2. The molecule has 148 valence electrons. The summed E-state index contributed by atoms with van der Waals surface area (Å²) in [5.41, 5.74) is 2.91. The number of nitrogens with zero attached hydrogens (tertiary/aromatic N) is 6. The van der Waals surface area contributed by atoms with E-state index in [9.17, 15) is 9.90 Å². The smallest absolute Gasteiger partial charge is 0.253 e. The molecule has 4 rings (SSSR count). The maximum absolute atomic E-state index is 12.6. The number of nitrogens with one attached hydrogen (secondary N) is 1. The van der Waals surface area contributed by atoms with E-state index < -0.39 is 6.10 Å². The topological polar surface area (TPSA) is 110 Å². The molecule has 0 bridgehead atoms. The predicted molar refractivity (Wildman–Crippen MR) is 105 cm³/mol. The second-order valence-corrected chi connectivity index (χ2v) is 7.08. The van der Waals surface area contributed by atoms with E-state index in [4.69, 9.17) is 0 Å². The number of pyridine rings is 1. The van der Waals surface area contributed by atoms with Crippen LogP contribution >= 0.6 is 0 Å². The van der Waals surface area contributed by atoms with Gasteiger partial charge in [-0.15, -0.1) is 10.2 Å². The fourth-order valence-electron chi connectivity index (χ4n) is 2.94. The summed E-state index contributed by atoms with van der Waals surface area (Å²) in [5.74, 6) is 0.194. The number of carbonyl (C=O) groups excluding carboxylic acids is 1. The van der Waals surface area contributed by atoms with Crippen LogP contribution in [-0.4, -0.2) is 40.4 Å². The van der Waals surface area contributed by atoms with Crippen LogP contribution < -0.4 is 5.32 Å². The standard InChI is InChI=1S/C20H21N7O2/c1-13(2)18(28)19-25-24-17-8-5-15(10-26(17)19)20(29)22-9-14-3-6-16(7-4-14)27-12-21-11-23-27/h3-8,10-13,18,28H,9H2,1-2H3,(H,22,29). The summed E-state index contributed by atoms with van der Waals surface area (Å²) >= 11 is 0. The van der Waals surface area contributed by atoms with Gasteiger partial charge in [-0.05, 0) is 35.7 Å². The molecule has 0 saturated carbocycles. The van der Waals surface area contributed by atoms with Gasteiger partial charge in [0.15, 0.2) is 11.5 Å². The highest BCUT2D eigenvalue weighted by atomic mass is 16.3. The zero-order valence-electron chi connectivity index (χ0n) is 16.1. The van der Waals surface area contributed by atoms with Crippen molar-refractivity contribution in [3.8, 4) is 5.69 Å². The number of aliphatic hydroxyl groups is 1. The third-order valence-electron chi connectivity index (χ3n) is 4.66. The van der Waals surface area contributed by atoms with Crippen LogP contribution in [0.3, 0.4) is 0 Å². The van der Waals surface area contributed by atoms with Crippen molar-refractivity contribution in [3.63, 3.8) is 0 Å². The summed E-state index contributed by atoms with van der Waals surface area (Å²) in [6, 6.07) is 11.1. The Balaban J connectivity index is 1.47. The van der Waals surface area contributed by atoms with Gasteiger partial charge in [0.1, 0.15) is 18.8 Å². The maximum atomic E-state index is 12.6. The lowest BCUT2D eigenvalue weighted by Crippen LogP contribution is -2.23. The van der Waals surface area contributed by atoms with Gasteiger partial charge in [0, 0.05) is 12.7 Å². The molecule has 1 unspecified atom stereocenters. The molecule has 9 nitrogen and oxygen atoms in total. The Kier molecular flexibility index (Phi) is 5.05. The van der Waals surface area contributed by atoms with E-state index in [1.165, 1.54) is 6.33 Å². The van der Waals surface area contributed by atoms with Crippen LogP contribution in [0.4, 0.5) is 0 Å². The Morgan fingerprint density at radius 1 is 1.14 bits per heavy atom. The Hall–Kier alpha value is -3.59. The number of benzene rings is 1. The molecule has 0 aliphatic rings. The molecule has 3 aromatic heterocycles. The number of fused-ring (bicyclic) bond motifs is 1. The SMILES string of the molecule is CC(C)C(O)c1nnc2ccc(C(=O)NCc3ccc(-n4cncn4)cc3)cn12. The summed E-state index contributed by atoms with van der Waals surface area (Å²) in [4.78, 5) is 16.5. The van der Waals surface area contributed by atoms with E-state index in [1.54, 1.807) is 33.7 Å². The van der Waals surface area contributed by atoms with Crippen LogP contribution in [0, 0.1) is 5.92 Å². The molecule has 1 amide bonds. The van der Waals surface area contributed by atoms with Crippen molar-refractivity contribution in [3.05, 3.63) is 72.2 Å². The Morgan fingerprint density at radius 2 is 1.93 bits per heavy atom. The van der Waals surface area contributed by atoms with E-state index in [2.05, 4.69) is 25.6 Å². The van der Waals surface area contributed by atoms with Gasteiger partial charge >= 0.3 is 0 Å². The van der Waals surface area contributed by atoms with Crippen LogP contribution in [0.5, 0.6) is 0 Å². The molecule has 0 aliphatic heterocycles. The van der Waals surface area contributed by atoms with Crippen molar-refractivity contribution in [2.75, 3.05) is 0 Å². The van der Waals surface area contributed by atoms with Crippen LogP contribution in [-0.2, 0) is 6.54 Å². The van der Waals surface area contributed by atoms with Crippen molar-refractivity contribution in [1.82, 2.24) is 34.7 Å². The number of hydrogen-bond acceptors (Lipinski definition) is 6.